The highest BCUT2D eigenvalue weighted by atomic mass is 79.9. The molecular formula is C19H21BrN2O3S. The Hall–Kier alpha value is -1.70. The molecule has 3 rings (SSSR count). The van der Waals surface area contributed by atoms with Gasteiger partial charge in [0.1, 0.15) is 0 Å². The van der Waals surface area contributed by atoms with Crippen LogP contribution in [0.4, 0.5) is 5.69 Å². The second kappa shape index (κ2) is 7.90. The number of hydrogen-bond acceptors (Lipinski definition) is 3. The van der Waals surface area contributed by atoms with Crippen molar-refractivity contribution in [3.05, 3.63) is 58.6 Å². The number of amides is 1. The van der Waals surface area contributed by atoms with Gasteiger partial charge in [0.2, 0.25) is 15.9 Å². The smallest absolute Gasteiger partial charge is 0.243 e. The molecule has 138 valence electrons. The fourth-order valence-electron chi connectivity index (χ4n) is 3.10. The van der Waals surface area contributed by atoms with E-state index in [0.717, 1.165) is 15.7 Å². The van der Waals surface area contributed by atoms with Gasteiger partial charge in [0, 0.05) is 29.2 Å². The first-order valence-corrected chi connectivity index (χ1v) is 10.7. The maximum Gasteiger partial charge on any atom is 0.243 e. The Labute approximate surface area is 162 Å². The van der Waals surface area contributed by atoms with Crippen LogP contribution < -0.4 is 5.32 Å². The van der Waals surface area contributed by atoms with E-state index in [-0.39, 0.29) is 11.8 Å². The number of aryl methyl sites for hydroxylation is 1. The number of benzene rings is 2. The molecule has 1 aliphatic heterocycles. The number of anilines is 1. The minimum atomic E-state index is -3.49. The summed E-state index contributed by atoms with van der Waals surface area (Å²) in [5.41, 5.74) is 1.77. The lowest BCUT2D eigenvalue weighted by Crippen LogP contribution is -2.41. The standard InChI is InChI=1S/C19H21BrN2O3S/c1-14-13-16(20)7-8-18(14)21-19(23)15-9-11-22(12-10-15)26(24,25)17-5-3-2-4-6-17/h2-8,13,15H,9-12H2,1H3,(H,21,23). The van der Waals surface area contributed by atoms with Crippen molar-refractivity contribution in [3.8, 4) is 0 Å². The lowest BCUT2D eigenvalue weighted by Gasteiger charge is -2.30. The molecule has 7 heteroatoms. The first-order valence-electron chi connectivity index (χ1n) is 8.50. The van der Waals surface area contributed by atoms with Crippen LogP contribution in [-0.2, 0) is 14.8 Å². The molecule has 1 heterocycles. The number of rotatable bonds is 4. The van der Waals surface area contributed by atoms with Crippen LogP contribution in [0.5, 0.6) is 0 Å². The minimum absolute atomic E-state index is 0.0489. The van der Waals surface area contributed by atoms with E-state index in [1.807, 2.05) is 25.1 Å². The molecule has 1 aliphatic rings. The number of sulfonamides is 1. The number of piperidine rings is 1. The van der Waals surface area contributed by atoms with Gasteiger partial charge in [-0.2, -0.15) is 4.31 Å². The molecule has 1 N–H and O–H groups in total. The first-order chi connectivity index (χ1) is 12.4. The van der Waals surface area contributed by atoms with Gasteiger partial charge in [-0.1, -0.05) is 34.1 Å². The Morgan fingerprint density at radius 3 is 2.38 bits per heavy atom. The van der Waals surface area contributed by atoms with E-state index in [1.54, 1.807) is 30.3 Å². The number of carbonyl (C=O) groups excluding carboxylic acids is 1. The molecule has 0 unspecified atom stereocenters. The predicted octanol–water partition coefficient (Wildman–Crippen LogP) is 3.80. The van der Waals surface area contributed by atoms with Crippen molar-refractivity contribution >= 4 is 37.5 Å². The molecule has 1 fully saturated rings. The zero-order valence-corrected chi connectivity index (χ0v) is 16.9. The third kappa shape index (κ3) is 4.16. The molecule has 2 aromatic rings. The van der Waals surface area contributed by atoms with Crippen molar-refractivity contribution in [2.45, 2.75) is 24.7 Å². The summed E-state index contributed by atoms with van der Waals surface area (Å²) in [6.07, 6.45) is 1.04. The summed E-state index contributed by atoms with van der Waals surface area (Å²) in [6, 6.07) is 14.1. The SMILES string of the molecule is Cc1cc(Br)ccc1NC(=O)C1CCN(S(=O)(=O)c2ccccc2)CC1. The number of nitrogens with one attached hydrogen (secondary N) is 1. The predicted molar refractivity (Wildman–Crippen MR) is 105 cm³/mol. The van der Waals surface area contributed by atoms with E-state index < -0.39 is 10.0 Å². The van der Waals surface area contributed by atoms with Gasteiger partial charge in [-0.15, -0.1) is 0 Å². The van der Waals surface area contributed by atoms with E-state index in [9.17, 15) is 13.2 Å². The third-order valence-corrected chi connectivity index (χ3v) is 7.06. The van der Waals surface area contributed by atoms with Gasteiger partial charge in [-0.25, -0.2) is 8.42 Å². The summed E-state index contributed by atoms with van der Waals surface area (Å²) in [5.74, 6) is -0.229. The number of halogens is 1. The maximum absolute atomic E-state index is 12.7. The van der Waals surface area contributed by atoms with Crippen molar-refractivity contribution in [2.75, 3.05) is 18.4 Å². The monoisotopic (exact) mass is 436 g/mol. The van der Waals surface area contributed by atoms with Crippen LogP contribution in [0.2, 0.25) is 0 Å². The lowest BCUT2D eigenvalue weighted by molar-refractivity contribution is -0.120. The normalized spacial score (nSPS) is 16.4. The highest BCUT2D eigenvalue weighted by Gasteiger charge is 2.32. The topological polar surface area (TPSA) is 66.5 Å². The first kappa shape index (κ1) is 19.1. The zero-order chi connectivity index (χ0) is 18.7. The molecule has 0 bridgehead atoms. The summed E-state index contributed by atoms with van der Waals surface area (Å²) in [4.78, 5) is 12.8. The van der Waals surface area contributed by atoms with E-state index in [1.165, 1.54) is 4.31 Å². The molecule has 0 aliphatic carbocycles. The molecule has 0 spiro atoms. The van der Waals surface area contributed by atoms with Gasteiger partial charge < -0.3 is 5.32 Å². The molecule has 1 saturated heterocycles. The Morgan fingerprint density at radius 2 is 1.77 bits per heavy atom. The van der Waals surface area contributed by atoms with Gasteiger partial charge in [0.15, 0.2) is 0 Å². The van der Waals surface area contributed by atoms with E-state index in [0.29, 0.717) is 30.8 Å². The molecule has 26 heavy (non-hydrogen) atoms. The van der Waals surface area contributed by atoms with Crippen molar-refractivity contribution in [3.63, 3.8) is 0 Å². The number of carbonyl (C=O) groups is 1. The molecule has 5 nitrogen and oxygen atoms in total. The Bertz CT molecular complexity index is 892. The molecule has 0 aromatic heterocycles. The van der Waals surface area contributed by atoms with E-state index >= 15 is 0 Å². The Kier molecular flexibility index (Phi) is 5.79. The Morgan fingerprint density at radius 1 is 1.12 bits per heavy atom. The average molecular weight is 437 g/mol. The lowest BCUT2D eigenvalue weighted by atomic mass is 9.97. The van der Waals surface area contributed by atoms with Crippen molar-refractivity contribution < 1.29 is 13.2 Å². The summed E-state index contributed by atoms with van der Waals surface area (Å²) in [6.45, 7) is 2.65. The van der Waals surface area contributed by atoms with Gasteiger partial charge in [-0.05, 0) is 55.7 Å². The van der Waals surface area contributed by atoms with Crippen LogP contribution >= 0.6 is 15.9 Å². The summed E-state index contributed by atoms with van der Waals surface area (Å²) in [7, 11) is -3.49. The third-order valence-electron chi connectivity index (χ3n) is 4.65. The fourth-order valence-corrected chi connectivity index (χ4v) is 5.07. The quantitative estimate of drug-likeness (QED) is 0.792. The zero-order valence-electron chi connectivity index (χ0n) is 14.5. The van der Waals surface area contributed by atoms with Crippen molar-refractivity contribution in [2.24, 2.45) is 5.92 Å². The maximum atomic E-state index is 12.7. The molecular weight excluding hydrogens is 416 g/mol. The summed E-state index contributed by atoms with van der Waals surface area (Å²) in [5, 5.41) is 2.96. The highest BCUT2D eigenvalue weighted by Crippen LogP contribution is 2.26. The van der Waals surface area contributed by atoms with Gasteiger partial charge in [0.25, 0.3) is 0 Å². The largest absolute Gasteiger partial charge is 0.326 e. The van der Waals surface area contributed by atoms with Gasteiger partial charge in [-0.3, -0.25) is 4.79 Å². The van der Waals surface area contributed by atoms with Crippen molar-refractivity contribution in [1.82, 2.24) is 4.31 Å². The van der Waals surface area contributed by atoms with Crippen LogP contribution in [0.1, 0.15) is 18.4 Å². The van der Waals surface area contributed by atoms with Crippen LogP contribution in [-0.4, -0.2) is 31.7 Å². The molecule has 0 radical (unpaired) electrons. The second-order valence-corrected chi connectivity index (χ2v) is 9.29. The van der Waals surface area contributed by atoms with Crippen molar-refractivity contribution in [1.29, 1.82) is 0 Å². The number of nitrogens with zero attached hydrogens (tertiary/aromatic N) is 1. The van der Waals surface area contributed by atoms with Crippen LogP contribution in [0.15, 0.2) is 57.9 Å². The van der Waals surface area contributed by atoms with Gasteiger partial charge >= 0.3 is 0 Å². The molecule has 1 amide bonds. The van der Waals surface area contributed by atoms with Crippen LogP contribution in [0, 0.1) is 12.8 Å². The van der Waals surface area contributed by atoms with Crippen LogP contribution in [0.25, 0.3) is 0 Å². The minimum Gasteiger partial charge on any atom is -0.326 e. The number of hydrogen-bond donors (Lipinski definition) is 1. The second-order valence-electron chi connectivity index (χ2n) is 6.44. The molecule has 0 atom stereocenters. The van der Waals surface area contributed by atoms with E-state index in [2.05, 4.69) is 21.2 Å². The Balaban J connectivity index is 1.62. The molecule has 2 aromatic carbocycles. The summed E-state index contributed by atoms with van der Waals surface area (Å²) >= 11 is 3.41. The van der Waals surface area contributed by atoms with E-state index in [4.69, 9.17) is 0 Å². The molecule has 0 saturated carbocycles. The fraction of sp³-hybridized carbons (Fsp3) is 0.316. The van der Waals surface area contributed by atoms with Crippen LogP contribution in [0.3, 0.4) is 0 Å². The average Bonchev–Trinajstić information content (AvgIpc) is 2.65. The summed E-state index contributed by atoms with van der Waals surface area (Å²) < 4.78 is 27.7. The van der Waals surface area contributed by atoms with Gasteiger partial charge in [0.05, 0.1) is 4.90 Å². The highest BCUT2D eigenvalue weighted by molar-refractivity contribution is 9.10.